The van der Waals surface area contributed by atoms with Gasteiger partial charge < -0.3 is 4.90 Å². The normalized spacial score (nSPS) is 17.4. The molecule has 5 nitrogen and oxygen atoms in total. The molecule has 0 aliphatic carbocycles. The fourth-order valence-electron chi connectivity index (χ4n) is 2.02. The van der Waals surface area contributed by atoms with Gasteiger partial charge in [-0.1, -0.05) is 0 Å². The zero-order valence-corrected chi connectivity index (χ0v) is 11.0. The van der Waals surface area contributed by atoms with Gasteiger partial charge >= 0.3 is 0 Å². The molecule has 18 heavy (non-hydrogen) atoms. The van der Waals surface area contributed by atoms with Gasteiger partial charge in [-0.25, -0.2) is 8.42 Å². The molecule has 1 aromatic rings. The highest BCUT2D eigenvalue weighted by atomic mass is 32.2. The van der Waals surface area contributed by atoms with E-state index in [9.17, 15) is 8.42 Å². The maximum atomic E-state index is 11.4. The highest BCUT2D eigenvalue weighted by Crippen LogP contribution is 2.17. The van der Waals surface area contributed by atoms with E-state index in [1.807, 2.05) is 12.1 Å². The summed E-state index contributed by atoms with van der Waals surface area (Å²) in [4.78, 5) is 2.13. The molecule has 1 aliphatic rings. The lowest BCUT2D eigenvalue weighted by Gasteiger charge is -2.34. The van der Waals surface area contributed by atoms with Gasteiger partial charge in [-0.15, -0.1) is 0 Å². The van der Waals surface area contributed by atoms with Crippen molar-refractivity contribution in [2.45, 2.75) is 0 Å². The molecule has 0 saturated carbocycles. The zero-order valence-electron chi connectivity index (χ0n) is 10.2. The molecule has 0 amide bonds. The van der Waals surface area contributed by atoms with Crippen LogP contribution in [0, 0.1) is 11.3 Å². The fraction of sp³-hybridized carbons (Fsp3) is 0.417. The number of nitrogens with zero attached hydrogens (tertiary/aromatic N) is 3. The average molecular weight is 265 g/mol. The Labute approximate surface area is 107 Å². The lowest BCUT2D eigenvalue weighted by molar-refractivity contribution is 0.388. The number of benzene rings is 1. The Morgan fingerprint density at radius 3 is 2.11 bits per heavy atom. The van der Waals surface area contributed by atoms with E-state index in [0.717, 1.165) is 5.69 Å². The Kier molecular flexibility index (Phi) is 3.55. The minimum absolute atomic E-state index is 0.513. The molecule has 2 rings (SSSR count). The second kappa shape index (κ2) is 4.96. The number of rotatable bonds is 2. The summed E-state index contributed by atoms with van der Waals surface area (Å²) in [5.74, 6) is 0. The molecule has 0 bridgehead atoms. The highest BCUT2D eigenvalue weighted by Gasteiger charge is 2.23. The molecule has 0 N–H and O–H groups in total. The molecule has 1 heterocycles. The van der Waals surface area contributed by atoms with Crippen molar-refractivity contribution in [1.82, 2.24) is 4.31 Å². The lowest BCUT2D eigenvalue weighted by atomic mass is 10.2. The quantitative estimate of drug-likeness (QED) is 0.787. The summed E-state index contributed by atoms with van der Waals surface area (Å²) in [6.45, 7) is 2.38. The van der Waals surface area contributed by atoms with Crippen molar-refractivity contribution in [2.24, 2.45) is 0 Å². The first-order valence-corrected chi connectivity index (χ1v) is 7.56. The first kappa shape index (κ1) is 12.9. The molecule has 0 unspecified atom stereocenters. The second-order valence-corrected chi connectivity index (χ2v) is 6.29. The van der Waals surface area contributed by atoms with Gasteiger partial charge in [0.1, 0.15) is 0 Å². The SMILES string of the molecule is CS(=O)(=O)N1CCN(c2ccc(C#N)cc2)CC1. The van der Waals surface area contributed by atoms with Crippen molar-refractivity contribution in [3.8, 4) is 6.07 Å². The predicted molar refractivity (Wildman–Crippen MR) is 69.8 cm³/mol. The summed E-state index contributed by atoms with van der Waals surface area (Å²) in [5, 5.41) is 8.73. The van der Waals surface area contributed by atoms with Gasteiger partial charge in [-0.2, -0.15) is 9.57 Å². The van der Waals surface area contributed by atoms with Crippen LogP contribution in [0.25, 0.3) is 0 Å². The maximum absolute atomic E-state index is 11.4. The second-order valence-electron chi connectivity index (χ2n) is 4.31. The summed E-state index contributed by atoms with van der Waals surface area (Å²) < 4.78 is 24.3. The number of hydrogen-bond acceptors (Lipinski definition) is 4. The maximum Gasteiger partial charge on any atom is 0.211 e. The third-order valence-corrected chi connectivity index (χ3v) is 4.37. The number of piperazine rings is 1. The van der Waals surface area contributed by atoms with Crippen LogP contribution in [0.1, 0.15) is 5.56 Å². The van der Waals surface area contributed by atoms with Crippen LogP contribution >= 0.6 is 0 Å². The van der Waals surface area contributed by atoms with Crippen LogP contribution in [0.2, 0.25) is 0 Å². The molecule has 0 spiro atoms. The van der Waals surface area contributed by atoms with Crippen LogP contribution in [-0.2, 0) is 10.0 Å². The molecule has 1 fully saturated rings. The molecule has 0 aromatic heterocycles. The van der Waals surface area contributed by atoms with Crippen molar-refractivity contribution in [3.63, 3.8) is 0 Å². The van der Waals surface area contributed by atoms with E-state index in [4.69, 9.17) is 5.26 Å². The van der Waals surface area contributed by atoms with Gasteiger partial charge in [0, 0.05) is 31.9 Å². The third kappa shape index (κ3) is 2.81. The molecule has 6 heteroatoms. The summed E-state index contributed by atoms with van der Waals surface area (Å²) >= 11 is 0. The Morgan fingerprint density at radius 2 is 1.67 bits per heavy atom. The van der Waals surface area contributed by atoms with E-state index in [2.05, 4.69) is 11.0 Å². The average Bonchev–Trinajstić information content (AvgIpc) is 2.38. The van der Waals surface area contributed by atoms with Crippen LogP contribution < -0.4 is 4.90 Å². The standard InChI is InChI=1S/C12H15N3O2S/c1-18(16,17)15-8-6-14(7-9-15)12-4-2-11(10-13)3-5-12/h2-5H,6-9H2,1H3. The van der Waals surface area contributed by atoms with Crippen LogP contribution in [0.5, 0.6) is 0 Å². The topological polar surface area (TPSA) is 64.4 Å². The Balaban J connectivity index is 2.03. The van der Waals surface area contributed by atoms with Crippen molar-refractivity contribution in [3.05, 3.63) is 29.8 Å². The van der Waals surface area contributed by atoms with Crippen molar-refractivity contribution < 1.29 is 8.42 Å². The van der Waals surface area contributed by atoms with E-state index in [1.165, 1.54) is 10.6 Å². The van der Waals surface area contributed by atoms with Crippen molar-refractivity contribution >= 4 is 15.7 Å². The minimum Gasteiger partial charge on any atom is -0.369 e. The Hall–Kier alpha value is -1.58. The van der Waals surface area contributed by atoms with Gasteiger partial charge in [0.05, 0.1) is 17.9 Å². The Bertz CT molecular complexity index is 552. The van der Waals surface area contributed by atoms with Gasteiger partial charge in [-0.05, 0) is 24.3 Å². The van der Waals surface area contributed by atoms with Crippen LogP contribution in [0.3, 0.4) is 0 Å². The monoisotopic (exact) mass is 265 g/mol. The van der Waals surface area contributed by atoms with Crippen molar-refractivity contribution in [2.75, 3.05) is 37.3 Å². The number of nitriles is 1. The zero-order chi connectivity index (χ0) is 13.2. The summed E-state index contributed by atoms with van der Waals surface area (Å²) in [6.07, 6.45) is 1.24. The largest absolute Gasteiger partial charge is 0.369 e. The summed E-state index contributed by atoms with van der Waals surface area (Å²) in [5.41, 5.74) is 1.66. The summed E-state index contributed by atoms with van der Waals surface area (Å²) in [6, 6.07) is 9.43. The minimum atomic E-state index is -3.08. The molecule has 1 saturated heterocycles. The van der Waals surface area contributed by atoms with Crippen molar-refractivity contribution in [1.29, 1.82) is 5.26 Å². The number of hydrogen-bond donors (Lipinski definition) is 0. The van der Waals surface area contributed by atoms with Gasteiger partial charge in [0.15, 0.2) is 0 Å². The lowest BCUT2D eigenvalue weighted by Crippen LogP contribution is -2.48. The van der Waals surface area contributed by atoms with Crippen LogP contribution in [0.4, 0.5) is 5.69 Å². The van der Waals surface area contributed by atoms with Crippen LogP contribution in [-0.4, -0.2) is 45.2 Å². The van der Waals surface area contributed by atoms with E-state index in [0.29, 0.717) is 31.7 Å². The van der Waals surface area contributed by atoms with Gasteiger partial charge in [0.2, 0.25) is 10.0 Å². The van der Waals surface area contributed by atoms with E-state index >= 15 is 0 Å². The molecular formula is C12H15N3O2S. The fourth-order valence-corrected chi connectivity index (χ4v) is 2.85. The van der Waals surface area contributed by atoms with E-state index < -0.39 is 10.0 Å². The molecule has 1 aliphatic heterocycles. The number of anilines is 1. The summed E-state index contributed by atoms with van der Waals surface area (Å²) in [7, 11) is -3.08. The molecule has 0 atom stereocenters. The van der Waals surface area contributed by atoms with Gasteiger partial charge in [-0.3, -0.25) is 0 Å². The first-order valence-electron chi connectivity index (χ1n) is 5.71. The van der Waals surface area contributed by atoms with E-state index in [-0.39, 0.29) is 0 Å². The first-order chi connectivity index (χ1) is 8.50. The smallest absolute Gasteiger partial charge is 0.211 e. The molecule has 0 radical (unpaired) electrons. The third-order valence-electron chi connectivity index (χ3n) is 3.07. The van der Waals surface area contributed by atoms with Gasteiger partial charge in [0.25, 0.3) is 0 Å². The molecular weight excluding hydrogens is 250 g/mol. The predicted octanol–water partition coefficient (Wildman–Crippen LogP) is 0.640. The Morgan fingerprint density at radius 1 is 1.11 bits per heavy atom. The van der Waals surface area contributed by atoms with Crippen LogP contribution in [0.15, 0.2) is 24.3 Å². The molecule has 96 valence electrons. The number of sulfonamides is 1. The molecule has 1 aromatic carbocycles. The van der Waals surface area contributed by atoms with E-state index in [1.54, 1.807) is 12.1 Å². The highest BCUT2D eigenvalue weighted by molar-refractivity contribution is 7.88.